The summed E-state index contributed by atoms with van der Waals surface area (Å²) in [6, 6.07) is 7.80. The summed E-state index contributed by atoms with van der Waals surface area (Å²) in [7, 11) is 1.65. The Bertz CT molecular complexity index is 491. The number of methoxy groups -OCH3 is 1. The lowest BCUT2D eigenvalue weighted by atomic mass is 10.0. The molecular weight excluding hydrogens is 202 g/mol. The number of nitrogens with two attached hydrogens (primary N) is 1. The van der Waals surface area contributed by atoms with Gasteiger partial charge in [-0.15, -0.1) is 0 Å². The van der Waals surface area contributed by atoms with E-state index in [2.05, 4.69) is 17.1 Å². The molecule has 84 valence electrons. The molecule has 1 aromatic carbocycles. The maximum Gasteiger partial charge on any atom is 0.153 e. The maximum atomic E-state index is 5.87. The Kier molecular flexibility index (Phi) is 2.81. The number of aromatic amines is 1. The first-order valence-corrected chi connectivity index (χ1v) is 5.24. The normalized spacial score (nSPS) is 10.4. The van der Waals surface area contributed by atoms with Crippen molar-refractivity contribution in [3.8, 4) is 16.9 Å². The number of anilines is 1. The van der Waals surface area contributed by atoms with Crippen LogP contribution in [0.25, 0.3) is 11.1 Å². The highest BCUT2D eigenvalue weighted by molar-refractivity contribution is 5.80. The number of rotatable bonds is 3. The third kappa shape index (κ3) is 1.62. The molecule has 0 fully saturated rings. The van der Waals surface area contributed by atoms with Gasteiger partial charge in [0.2, 0.25) is 0 Å². The lowest BCUT2D eigenvalue weighted by molar-refractivity contribution is 0.416. The van der Waals surface area contributed by atoms with Crippen LogP contribution in [0.5, 0.6) is 5.75 Å². The first-order valence-electron chi connectivity index (χ1n) is 5.24. The molecule has 16 heavy (non-hydrogen) atoms. The standard InChI is InChI=1S/C12H15N3O/c1-3-9-11(12(13)15-14-9)8-6-4-5-7-10(8)16-2/h4-7H,3H2,1-2H3,(H3,13,14,15). The predicted octanol–water partition coefficient (Wildman–Crippen LogP) is 2.23. The zero-order valence-corrected chi connectivity index (χ0v) is 9.45. The van der Waals surface area contributed by atoms with Gasteiger partial charge in [0.25, 0.3) is 0 Å². The van der Waals surface area contributed by atoms with E-state index in [0.29, 0.717) is 5.82 Å². The number of hydrogen-bond donors (Lipinski definition) is 2. The molecule has 0 bridgehead atoms. The average molecular weight is 217 g/mol. The number of H-pyrrole nitrogens is 1. The van der Waals surface area contributed by atoms with Gasteiger partial charge in [0.1, 0.15) is 5.75 Å². The van der Waals surface area contributed by atoms with Crippen LogP contribution in [-0.2, 0) is 6.42 Å². The van der Waals surface area contributed by atoms with Crippen molar-refractivity contribution in [2.75, 3.05) is 12.8 Å². The van der Waals surface area contributed by atoms with Crippen molar-refractivity contribution >= 4 is 5.82 Å². The predicted molar refractivity (Wildman–Crippen MR) is 64.4 cm³/mol. The van der Waals surface area contributed by atoms with Crippen molar-refractivity contribution in [1.29, 1.82) is 0 Å². The number of nitrogen functional groups attached to an aromatic ring is 1. The van der Waals surface area contributed by atoms with Crippen molar-refractivity contribution < 1.29 is 4.74 Å². The third-order valence-corrected chi connectivity index (χ3v) is 2.60. The summed E-state index contributed by atoms with van der Waals surface area (Å²) in [5.74, 6) is 1.33. The van der Waals surface area contributed by atoms with Crippen LogP contribution in [0.15, 0.2) is 24.3 Å². The molecule has 0 amide bonds. The van der Waals surface area contributed by atoms with Gasteiger partial charge in [-0.3, -0.25) is 5.10 Å². The maximum absolute atomic E-state index is 5.87. The zero-order chi connectivity index (χ0) is 11.5. The highest BCUT2D eigenvalue weighted by Gasteiger charge is 2.14. The second-order valence-electron chi connectivity index (χ2n) is 3.52. The fourth-order valence-electron chi connectivity index (χ4n) is 1.80. The molecule has 3 N–H and O–H groups in total. The van der Waals surface area contributed by atoms with Crippen LogP contribution in [0.3, 0.4) is 0 Å². The van der Waals surface area contributed by atoms with E-state index in [1.165, 1.54) is 0 Å². The topological polar surface area (TPSA) is 63.9 Å². The number of benzene rings is 1. The van der Waals surface area contributed by atoms with Crippen LogP contribution in [0.1, 0.15) is 12.6 Å². The summed E-state index contributed by atoms with van der Waals surface area (Å²) < 4.78 is 5.33. The third-order valence-electron chi connectivity index (χ3n) is 2.60. The number of ether oxygens (including phenoxy) is 1. The van der Waals surface area contributed by atoms with E-state index in [4.69, 9.17) is 10.5 Å². The fraction of sp³-hybridized carbons (Fsp3) is 0.250. The Labute approximate surface area is 94.4 Å². The van der Waals surface area contributed by atoms with E-state index < -0.39 is 0 Å². The van der Waals surface area contributed by atoms with E-state index in [0.717, 1.165) is 29.0 Å². The minimum atomic E-state index is 0.515. The van der Waals surface area contributed by atoms with Gasteiger partial charge >= 0.3 is 0 Å². The van der Waals surface area contributed by atoms with Gasteiger partial charge < -0.3 is 10.5 Å². The Morgan fingerprint density at radius 2 is 2.12 bits per heavy atom. The van der Waals surface area contributed by atoms with E-state index in [-0.39, 0.29) is 0 Å². The molecule has 1 heterocycles. The Balaban J connectivity index is 2.61. The molecule has 0 spiro atoms. The SMILES string of the molecule is CCc1[nH]nc(N)c1-c1ccccc1OC. The van der Waals surface area contributed by atoms with Crippen LogP contribution >= 0.6 is 0 Å². The van der Waals surface area contributed by atoms with Gasteiger partial charge in [-0.2, -0.15) is 5.10 Å². The molecule has 0 aliphatic heterocycles. The van der Waals surface area contributed by atoms with E-state index >= 15 is 0 Å². The lowest BCUT2D eigenvalue weighted by Crippen LogP contribution is -1.93. The van der Waals surface area contributed by atoms with Crippen molar-refractivity contribution in [1.82, 2.24) is 10.2 Å². The number of nitrogens with zero attached hydrogens (tertiary/aromatic N) is 1. The molecule has 0 aliphatic rings. The first-order chi connectivity index (χ1) is 7.77. The number of aromatic nitrogens is 2. The second-order valence-corrected chi connectivity index (χ2v) is 3.52. The molecule has 4 nitrogen and oxygen atoms in total. The molecule has 0 atom stereocenters. The van der Waals surface area contributed by atoms with Crippen molar-refractivity contribution in [3.05, 3.63) is 30.0 Å². The summed E-state index contributed by atoms with van der Waals surface area (Å²) in [5.41, 5.74) is 8.83. The monoisotopic (exact) mass is 217 g/mol. The van der Waals surface area contributed by atoms with Crippen LogP contribution in [0, 0.1) is 0 Å². The Hall–Kier alpha value is -1.97. The lowest BCUT2D eigenvalue weighted by Gasteiger charge is -2.08. The van der Waals surface area contributed by atoms with Crippen LogP contribution in [0.4, 0.5) is 5.82 Å². The quantitative estimate of drug-likeness (QED) is 0.828. The molecule has 0 radical (unpaired) electrons. The van der Waals surface area contributed by atoms with Gasteiger partial charge in [-0.05, 0) is 12.5 Å². The molecular formula is C12H15N3O. The molecule has 1 aromatic heterocycles. The largest absolute Gasteiger partial charge is 0.496 e. The van der Waals surface area contributed by atoms with E-state index in [9.17, 15) is 0 Å². The molecule has 0 aliphatic carbocycles. The van der Waals surface area contributed by atoms with Crippen LogP contribution < -0.4 is 10.5 Å². The summed E-state index contributed by atoms with van der Waals surface area (Å²) in [5, 5.41) is 6.98. The number of nitrogens with one attached hydrogen (secondary N) is 1. The number of para-hydroxylation sites is 1. The van der Waals surface area contributed by atoms with Gasteiger partial charge in [0.15, 0.2) is 5.82 Å². The van der Waals surface area contributed by atoms with Crippen molar-refractivity contribution in [2.45, 2.75) is 13.3 Å². The Morgan fingerprint density at radius 3 is 2.81 bits per heavy atom. The zero-order valence-electron chi connectivity index (χ0n) is 9.45. The second kappa shape index (κ2) is 4.26. The summed E-state index contributed by atoms with van der Waals surface area (Å²) in [6.45, 7) is 2.06. The van der Waals surface area contributed by atoms with E-state index in [1.807, 2.05) is 24.3 Å². The van der Waals surface area contributed by atoms with Gasteiger partial charge in [-0.1, -0.05) is 25.1 Å². The molecule has 2 rings (SSSR count). The molecule has 4 heteroatoms. The van der Waals surface area contributed by atoms with E-state index in [1.54, 1.807) is 7.11 Å². The van der Waals surface area contributed by atoms with Gasteiger partial charge in [0.05, 0.1) is 12.7 Å². The smallest absolute Gasteiger partial charge is 0.153 e. The van der Waals surface area contributed by atoms with Crippen LogP contribution in [-0.4, -0.2) is 17.3 Å². The summed E-state index contributed by atoms with van der Waals surface area (Å²) in [6.07, 6.45) is 0.859. The average Bonchev–Trinajstić information content (AvgIpc) is 2.70. The Morgan fingerprint density at radius 1 is 1.38 bits per heavy atom. The minimum Gasteiger partial charge on any atom is -0.496 e. The van der Waals surface area contributed by atoms with Gasteiger partial charge in [0, 0.05) is 11.3 Å². The minimum absolute atomic E-state index is 0.515. The highest BCUT2D eigenvalue weighted by atomic mass is 16.5. The van der Waals surface area contributed by atoms with Crippen LogP contribution in [0.2, 0.25) is 0 Å². The summed E-state index contributed by atoms with van der Waals surface area (Å²) in [4.78, 5) is 0. The number of aryl methyl sites for hydroxylation is 1. The highest BCUT2D eigenvalue weighted by Crippen LogP contribution is 2.34. The van der Waals surface area contributed by atoms with Crippen molar-refractivity contribution in [2.24, 2.45) is 0 Å². The molecule has 0 unspecified atom stereocenters. The first kappa shape index (κ1) is 10.5. The van der Waals surface area contributed by atoms with Gasteiger partial charge in [-0.25, -0.2) is 0 Å². The fourth-order valence-corrected chi connectivity index (χ4v) is 1.80. The number of hydrogen-bond acceptors (Lipinski definition) is 3. The summed E-state index contributed by atoms with van der Waals surface area (Å²) >= 11 is 0. The molecule has 0 saturated heterocycles. The van der Waals surface area contributed by atoms with Crippen molar-refractivity contribution in [3.63, 3.8) is 0 Å². The molecule has 2 aromatic rings. The molecule has 0 saturated carbocycles.